The molecule has 2 N–H and O–H groups in total. The van der Waals surface area contributed by atoms with Gasteiger partial charge in [0, 0.05) is 17.0 Å². The second-order valence-corrected chi connectivity index (χ2v) is 8.80. The van der Waals surface area contributed by atoms with E-state index in [1.165, 1.54) is 4.90 Å². The van der Waals surface area contributed by atoms with Gasteiger partial charge >= 0.3 is 0 Å². The monoisotopic (exact) mass is 480 g/mol. The van der Waals surface area contributed by atoms with E-state index in [0.717, 1.165) is 22.2 Å². The van der Waals surface area contributed by atoms with Crippen LogP contribution in [0.2, 0.25) is 0 Å². The molecule has 2 aromatic carbocycles. The van der Waals surface area contributed by atoms with E-state index >= 15 is 0 Å². The van der Waals surface area contributed by atoms with Gasteiger partial charge in [0.1, 0.15) is 5.75 Å². The molecule has 0 saturated carbocycles. The highest BCUT2D eigenvalue weighted by Gasteiger charge is 2.11. The van der Waals surface area contributed by atoms with Crippen molar-refractivity contribution >= 4 is 50.9 Å². The maximum atomic E-state index is 12.4. The highest BCUT2D eigenvalue weighted by atomic mass is 79.9. The van der Waals surface area contributed by atoms with Crippen molar-refractivity contribution in [2.24, 2.45) is 5.92 Å². The second-order valence-electron chi connectivity index (χ2n) is 6.66. The van der Waals surface area contributed by atoms with E-state index in [1.54, 1.807) is 30.0 Å². The third-order valence-corrected chi connectivity index (χ3v) is 5.60. The van der Waals surface area contributed by atoms with Gasteiger partial charge in [0.2, 0.25) is 0 Å². The number of thioether (sulfide) groups is 1. The average Bonchev–Trinajstić information content (AvgIpc) is 2.67. The smallest absolute Gasteiger partial charge is 0.257 e. The third kappa shape index (κ3) is 7.45. The predicted molar refractivity (Wildman–Crippen MR) is 124 cm³/mol. The minimum Gasteiger partial charge on any atom is -0.492 e. The summed E-state index contributed by atoms with van der Waals surface area (Å²) >= 11 is 10.4. The molecule has 0 saturated heterocycles. The van der Waals surface area contributed by atoms with E-state index in [0.29, 0.717) is 29.7 Å². The summed E-state index contributed by atoms with van der Waals surface area (Å²) in [5, 5.41) is 6.07. The van der Waals surface area contributed by atoms with Crippen molar-refractivity contribution in [1.82, 2.24) is 10.6 Å². The van der Waals surface area contributed by atoms with Gasteiger partial charge in [-0.05, 0) is 82.6 Å². The quantitative estimate of drug-likeness (QED) is 0.391. The molecule has 0 aliphatic heterocycles. The van der Waals surface area contributed by atoms with Crippen LogP contribution in [-0.2, 0) is 6.54 Å². The number of rotatable bonds is 8. The van der Waals surface area contributed by atoms with Crippen LogP contribution >= 0.6 is 39.9 Å². The number of thiocarbonyl (C=S) groups is 1. The van der Waals surface area contributed by atoms with Crippen LogP contribution in [0.1, 0.15) is 36.2 Å². The fourth-order valence-corrected chi connectivity index (χ4v) is 3.38. The zero-order valence-corrected chi connectivity index (χ0v) is 19.5. The lowest BCUT2D eigenvalue weighted by atomic mass is 10.1. The molecule has 0 spiro atoms. The normalized spacial score (nSPS) is 10.6. The summed E-state index contributed by atoms with van der Waals surface area (Å²) < 4.78 is 6.50. The summed E-state index contributed by atoms with van der Waals surface area (Å²) in [7, 11) is 0. The Morgan fingerprint density at radius 3 is 2.54 bits per heavy atom. The van der Waals surface area contributed by atoms with Crippen LogP contribution in [0.5, 0.6) is 5.75 Å². The molecule has 0 fully saturated rings. The summed E-state index contributed by atoms with van der Waals surface area (Å²) in [6.07, 6.45) is 3.02. The zero-order chi connectivity index (χ0) is 20.5. The lowest BCUT2D eigenvalue weighted by Crippen LogP contribution is -2.38. The Morgan fingerprint density at radius 1 is 1.21 bits per heavy atom. The Hall–Kier alpha value is -1.57. The van der Waals surface area contributed by atoms with Crippen molar-refractivity contribution in [1.29, 1.82) is 0 Å². The number of amides is 1. The molecule has 28 heavy (non-hydrogen) atoms. The van der Waals surface area contributed by atoms with Gasteiger partial charge in [-0.3, -0.25) is 10.1 Å². The van der Waals surface area contributed by atoms with Crippen molar-refractivity contribution < 1.29 is 9.53 Å². The lowest BCUT2D eigenvalue weighted by molar-refractivity contribution is 0.0976. The molecule has 0 aliphatic rings. The maximum absolute atomic E-state index is 12.4. The molecule has 2 aromatic rings. The molecular weight excluding hydrogens is 456 g/mol. The molecule has 0 bridgehead atoms. The molecule has 7 heteroatoms. The van der Waals surface area contributed by atoms with Gasteiger partial charge in [-0.15, -0.1) is 11.8 Å². The first kappa shape index (κ1) is 22.7. The first-order valence-electron chi connectivity index (χ1n) is 9.03. The Bertz CT molecular complexity index is 811. The van der Waals surface area contributed by atoms with Gasteiger partial charge in [-0.25, -0.2) is 0 Å². The number of benzene rings is 2. The highest BCUT2D eigenvalue weighted by Crippen LogP contribution is 2.26. The molecule has 0 aliphatic carbocycles. The largest absolute Gasteiger partial charge is 0.492 e. The minimum absolute atomic E-state index is 0.260. The number of ether oxygens (including phenoxy) is 1. The maximum Gasteiger partial charge on any atom is 0.257 e. The zero-order valence-electron chi connectivity index (χ0n) is 16.3. The van der Waals surface area contributed by atoms with Gasteiger partial charge in [0.05, 0.1) is 11.1 Å². The Morgan fingerprint density at radius 2 is 1.93 bits per heavy atom. The third-order valence-electron chi connectivity index (χ3n) is 3.99. The van der Waals surface area contributed by atoms with Gasteiger partial charge in [-0.2, -0.15) is 0 Å². The van der Waals surface area contributed by atoms with E-state index in [2.05, 4.69) is 52.5 Å². The average molecular weight is 481 g/mol. The number of hydrogen-bond acceptors (Lipinski definition) is 4. The van der Waals surface area contributed by atoms with Crippen molar-refractivity contribution in [2.45, 2.75) is 31.7 Å². The number of carbonyl (C=O) groups excluding carboxylic acids is 1. The van der Waals surface area contributed by atoms with Crippen LogP contribution in [0.25, 0.3) is 0 Å². The van der Waals surface area contributed by atoms with Crippen molar-refractivity contribution in [3.8, 4) is 5.75 Å². The van der Waals surface area contributed by atoms with E-state index in [4.69, 9.17) is 17.0 Å². The molecular formula is C21H25BrN2O2S2. The molecule has 150 valence electrons. The highest BCUT2D eigenvalue weighted by molar-refractivity contribution is 9.10. The minimum atomic E-state index is -0.260. The number of hydrogen-bond donors (Lipinski definition) is 2. The van der Waals surface area contributed by atoms with E-state index in [1.807, 2.05) is 18.4 Å². The number of carbonyl (C=O) groups is 1. The topological polar surface area (TPSA) is 50.4 Å². The number of nitrogens with one attached hydrogen (secondary N) is 2. The van der Waals surface area contributed by atoms with Crippen LogP contribution < -0.4 is 15.4 Å². The van der Waals surface area contributed by atoms with Crippen molar-refractivity contribution in [2.75, 3.05) is 12.9 Å². The molecule has 0 atom stereocenters. The van der Waals surface area contributed by atoms with Crippen molar-refractivity contribution in [3.63, 3.8) is 0 Å². The van der Waals surface area contributed by atoms with Crippen LogP contribution in [0, 0.1) is 5.92 Å². The summed E-state index contributed by atoms with van der Waals surface area (Å²) in [5.41, 5.74) is 1.61. The second kappa shape index (κ2) is 11.4. The fourth-order valence-electron chi connectivity index (χ4n) is 2.31. The molecule has 0 radical (unpaired) electrons. The standard InChI is InChI=1S/C21H25BrN2O2S2/c1-14(2)10-11-26-19-9-6-16(12-18(19)22)20(25)24-21(27)23-13-15-4-7-17(28-3)8-5-15/h4-9,12,14H,10-11,13H2,1-3H3,(H2,23,24,25,27). The first-order valence-corrected chi connectivity index (χ1v) is 11.5. The lowest BCUT2D eigenvalue weighted by Gasteiger charge is -2.12. The fraction of sp³-hybridized carbons (Fsp3) is 0.333. The molecule has 4 nitrogen and oxygen atoms in total. The van der Waals surface area contributed by atoms with E-state index in [9.17, 15) is 4.79 Å². The van der Waals surface area contributed by atoms with Crippen LogP contribution in [0.4, 0.5) is 0 Å². The number of halogens is 1. The van der Waals surface area contributed by atoms with Crippen LogP contribution in [-0.4, -0.2) is 23.9 Å². The van der Waals surface area contributed by atoms with Gasteiger partial charge < -0.3 is 10.1 Å². The predicted octanol–water partition coefficient (Wildman–Crippen LogP) is 5.40. The Balaban J connectivity index is 1.85. The SMILES string of the molecule is CSc1ccc(CNC(=S)NC(=O)c2ccc(OCCC(C)C)c(Br)c2)cc1. The molecule has 1 amide bonds. The van der Waals surface area contributed by atoms with Crippen LogP contribution in [0.15, 0.2) is 51.8 Å². The molecule has 0 heterocycles. The summed E-state index contributed by atoms with van der Waals surface area (Å²) in [6, 6.07) is 13.5. The van der Waals surface area contributed by atoms with Gasteiger partial charge in [0.25, 0.3) is 5.91 Å². The van der Waals surface area contributed by atoms with Crippen molar-refractivity contribution in [3.05, 3.63) is 58.1 Å². The van der Waals surface area contributed by atoms with Crippen LogP contribution in [0.3, 0.4) is 0 Å². The first-order chi connectivity index (χ1) is 13.4. The van der Waals surface area contributed by atoms with Gasteiger partial charge in [0.15, 0.2) is 5.11 Å². The molecule has 0 aromatic heterocycles. The Kier molecular flexibility index (Phi) is 9.28. The summed E-state index contributed by atoms with van der Waals surface area (Å²) in [4.78, 5) is 13.6. The molecule has 2 rings (SSSR count). The van der Waals surface area contributed by atoms with Gasteiger partial charge in [-0.1, -0.05) is 26.0 Å². The van der Waals surface area contributed by atoms with E-state index < -0.39 is 0 Å². The van der Waals surface area contributed by atoms with E-state index in [-0.39, 0.29) is 5.91 Å². The Labute approximate surface area is 184 Å². The summed E-state index contributed by atoms with van der Waals surface area (Å²) in [5.74, 6) is 1.05. The molecule has 0 unspecified atom stereocenters. The summed E-state index contributed by atoms with van der Waals surface area (Å²) in [6.45, 7) is 5.51.